The lowest BCUT2D eigenvalue weighted by Gasteiger charge is -2.19. The predicted octanol–water partition coefficient (Wildman–Crippen LogP) is 4.47. The lowest BCUT2D eigenvalue weighted by molar-refractivity contribution is -0.119. The molecule has 0 aliphatic heterocycles. The summed E-state index contributed by atoms with van der Waals surface area (Å²) in [5, 5.41) is 7.55. The predicted molar refractivity (Wildman–Crippen MR) is 117 cm³/mol. The molecule has 29 heavy (non-hydrogen) atoms. The van der Waals surface area contributed by atoms with Crippen LogP contribution in [0.1, 0.15) is 15.9 Å². The summed E-state index contributed by atoms with van der Waals surface area (Å²) in [5.74, 6) is -0.945. The summed E-state index contributed by atoms with van der Waals surface area (Å²) >= 11 is 5.89. The van der Waals surface area contributed by atoms with E-state index in [-0.39, 0.29) is 5.91 Å². The monoisotopic (exact) mass is 402 g/mol. The Morgan fingerprint density at radius 2 is 1.41 bits per heavy atom. The topological polar surface area (TPSA) is 72.2 Å². The van der Waals surface area contributed by atoms with Gasteiger partial charge in [-0.25, -0.2) is 0 Å². The molecule has 1 atom stereocenters. The van der Waals surface area contributed by atoms with E-state index in [1.165, 1.54) is 0 Å². The number of benzene rings is 4. The maximum atomic E-state index is 12.6. The minimum absolute atomic E-state index is 0.302. The number of nitrogens with two attached hydrogens (primary N) is 1. The van der Waals surface area contributed by atoms with Gasteiger partial charge in [-0.05, 0) is 57.4 Å². The van der Waals surface area contributed by atoms with E-state index in [9.17, 15) is 9.59 Å². The molecule has 0 bridgehead atoms. The molecule has 2 amide bonds. The summed E-state index contributed by atoms with van der Waals surface area (Å²) in [5.41, 5.74) is 7.05. The van der Waals surface area contributed by atoms with Crippen molar-refractivity contribution in [2.75, 3.05) is 0 Å². The number of hydrogen-bond donors (Lipinski definition) is 2. The number of hydrogen-bond acceptors (Lipinski definition) is 2. The summed E-state index contributed by atoms with van der Waals surface area (Å²) in [6.07, 6.45) is 0.302. The van der Waals surface area contributed by atoms with E-state index in [2.05, 4.69) is 11.4 Å². The molecule has 0 radical (unpaired) electrons. The molecule has 144 valence electrons. The van der Waals surface area contributed by atoms with Gasteiger partial charge >= 0.3 is 0 Å². The van der Waals surface area contributed by atoms with Gasteiger partial charge in [-0.3, -0.25) is 9.59 Å². The second kappa shape index (κ2) is 7.94. The maximum Gasteiger partial charge on any atom is 0.251 e. The largest absolute Gasteiger partial charge is 0.368 e. The van der Waals surface area contributed by atoms with Gasteiger partial charge in [0.1, 0.15) is 6.04 Å². The highest BCUT2D eigenvalue weighted by Gasteiger charge is 2.22. The highest BCUT2D eigenvalue weighted by Crippen LogP contribution is 2.29. The first-order valence-electron chi connectivity index (χ1n) is 9.28. The molecule has 4 rings (SSSR count). The van der Waals surface area contributed by atoms with Gasteiger partial charge in [-0.2, -0.15) is 0 Å². The molecule has 5 heteroatoms. The molecule has 0 aromatic heterocycles. The van der Waals surface area contributed by atoms with Crippen molar-refractivity contribution in [2.24, 2.45) is 5.73 Å². The zero-order chi connectivity index (χ0) is 20.4. The number of nitrogens with one attached hydrogen (secondary N) is 1. The van der Waals surface area contributed by atoms with E-state index in [0.717, 1.165) is 27.1 Å². The zero-order valence-corrected chi connectivity index (χ0v) is 16.3. The second-order valence-corrected chi connectivity index (χ2v) is 7.37. The van der Waals surface area contributed by atoms with Gasteiger partial charge < -0.3 is 11.1 Å². The second-order valence-electron chi connectivity index (χ2n) is 6.94. The Morgan fingerprint density at radius 3 is 1.97 bits per heavy atom. The summed E-state index contributed by atoms with van der Waals surface area (Å²) in [4.78, 5) is 24.8. The first-order chi connectivity index (χ1) is 14.0. The SMILES string of the molecule is NC(=O)[C@H](Cc1c2ccccc2cc2ccccc12)NC(=O)c1ccc(Cl)cc1. The van der Waals surface area contributed by atoms with Crippen molar-refractivity contribution in [3.8, 4) is 0 Å². The van der Waals surface area contributed by atoms with E-state index < -0.39 is 11.9 Å². The average molecular weight is 403 g/mol. The smallest absolute Gasteiger partial charge is 0.251 e. The number of amides is 2. The summed E-state index contributed by atoms with van der Waals surface area (Å²) in [6, 6.07) is 23.8. The summed E-state index contributed by atoms with van der Waals surface area (Å²) in [7, 11) is 0. The Kier molecular flexibility index (Phi) is 5.19. The maximum absolute atomic E-state index is 12.6. The van der Waals surface area contributed by atoms with Crippen molar-refractivity contribution < 1.29 is 9.59 Å². The molecule has 0 aliphatic rings. The van der Waals surface area contributed by atoms with Crippen LogP contribution in [-0.4, -0.2) is 17.9 Å². The van der Waals surface area contributed by atoms with Crippen LogP contribution in [0, 0.1) is 0 Å². The van der Waals surface area contributed by atoms with E-state index >= 15 is 0 Å². The number of fused-ring (bicyclic) bond motifs is 2. The van der Waals surface area contributed by atoms with Crippen LogP contribution in [-0.2, 0) is 11.2 Å². The molecule has 4 aromatic carbocycles. The molecule has 0 unspecified atom stereocenters. The molecular weight excluding hydrogens is 384 g/mol. The van der Waals surface area contributed by atoms with Gasteiger partial charge in [0.05, 0.1) is 0 Å². The van der Waals surface area contributed by atoms with Crippen LogP contribution in [0.2, 0.25) is 5.02 Å². The Balaban J connectivity index is 1.73. The normalized spacial score (nSPS) is 12.0. The van der Waals surface area contributed by atoms with Crippen molar-refractivity contribution in [1.82, 2.24) is 5.32 Å². The molecule has 4 nitrogen and oxygen atoms in total. The van der Waals surface area contributed by atoms with Crippen LogP contribution in [0.5, 0.6) is 0 Å². The molecule has 0 saturated heterocycles. The molecule has 4 aromatic rings. The third kappa shape index (κ3) is 3.93. The Labute approximate surface area is 173 Å². The van der Waals surface area contributed by atoms with Gasteiger partial charge in [-0.1, -0.05) is 60.1 Å². The fraction of sp³-hybridized carbons (Fsp3) is 0.0833. The van der Waals surface area contributed by atoms with Crippen molar-refractivity contribution in [2.45, 2.75) is 12.5 Å². The van der Waals surface area contributed by atoms with Crippen LogP contribution < -0.4 is 11.1 Å². The van der Waals surface area contributed by atoms with Crippen molar-refractivity contribution in [3.05, 3.63) is 95.0 Å². The molecule has 3 N–H and O–H groups in total. The van der Waals surface area contributed by atoms with Crippen molar-refractivity contribution in [1.29, 1.82) is 0 Å². The van der Waals surface area contributed by atoms with Gasteiger partial charge in [0.15, 0.2) is 0 Å². The number of carbonyl (C=O) groups excluding carboxylic acids is 2. The standard InChI is InChI=1S/C24H19ClN2O2/c25-18-11-9-15(10-12-18)24(29)27-22(23(26)28)14-21-19-7-3-1-5-16(19)13-17-6-2-4-8-20(17)21/h1-13,22H,14H2,(H2,26,28)(H,27,29)/t22-/m0/s1. The summed E-state index contributed by atoms with van der Waals surface area (Å²) in [6.45, 7) is 0. The van der Waals surface area contributed by atoms with Crippen LogP contribution >= 0.6 is 11.6 Å². The van der Waals surface area contributed by atoms with E-state index in [1.807, 2.05) is 48.5 Å². The summed E-state index contributed by atoms with van der Waals surface area (Å²) < 4.78 is 0. The van der Waals surface area contributed by atoms with E-state index in [4.69, 9.17) is 17.3 Å². The molecule has 0 aliphatic carbocycles. The lowest BCUT2D eigenvalue weighted by atomic mass is 9.92. The Bertz CT molecular complexity index is 1160. The van der Waals surface area contributed by atoms with Crippen molar-refractivity contribution >= 4 is 45.0 Å². The van der Waals surface area contributed by atoms with Gasteiger partial charge in [0.2, 0.25) is 5.91 Å². The Morgan fingerprint density at radius 1 is 0.862 bits per heavy atom. The van der Waals surface area contributed by atoms with E-state index in [1.54, 1.807) is 24.3 Å². The molecule has 0 spiro atoms. The average Bonchev–Trinajstić information content (AvgIpc) is 2.73. The molecule has 0 saturated carbocycles. The van der Waals surface area contributed by atoms with Crippen molar-refractivity contribution in [3.63, 3.8) is 0 Å². The van der Waals surface area contributed by atoms with Crippen LogP contribution in [0.15, 0.2) is 78.9 Å². The highest BCUT2D eigenvalue weighted by atomic mass is 35.5. The number of rotatable bonds is 5. The number of carbonyl (C=O) groups is 2. The fourth-order valence-electron chi connectivity index (χ4n) is 3.60. The minimum atomic E-state index is -0.840. The third-order valence-corrected chi connectivity index (χ3v) is 5.30. The van der Waals surface area contributed by atoms with Crippen LogP contribution in [0.3, 0.4) is 0 Å². The first kappa shape index (κ1) is 19.0. The van der Waals surface area contributed by atoms with Crippen LogP contribution in [0.25, 0.3) is 21.5 Å². The molecular formula is C24H19ClN2O2. The third-order valence-electron chi connectivity index (χ3n) is 5.05. The van der Waals surface area contributed by atoms with Crippen LogP contribution in [0.4, 0.5) is 0 Å². The Hall–Kier alpha value is -3.37. The molecule has 0 heterocycles. The highest BCUT2D eigenvalue weighted by molar-refractivity contribution is 6.30. The quantitative estimate of drug-likeness (QED) is 0.483. The van der Waals surface area contributed by atoms with E-state index in [0.29, 0.717) is 17.0 Å². The number of halogens is 1. The first-order valence-corrected chi connectivity index (χ1v) is 9.66. The zero-order valence-electron chi connectivity index (χ0n) is 15.6. The number of primary amides is 1. The van der Waals surface area contributed by atoms with Gasteiger partial charge in [0, 0.05) is 17.0 Å². The van der Waals surface area contributed by atoms with Gasteiger partial charge in [-0.15, -0.1) is 0 Å². The minimum Gasteiger partial charge on any atom is -0.368 e. The fourth-order valence-corrected chi connectivity index (χ4v) is 3.72. The lowest BCUT2D eigenvalue weighted by Crippen LogP contribution is -2.45. The molecule has 0 fully saturated rings. The van der Waals surface area contributed by atoms with Gasteiger partial charge in [0.25, 0.3) is 5.91 Å².